The Morgan fingerprint density at radius 2 is 2.18 bits per heavy atom. The van der Waals surface area contributed by atoms with Crippen LogP contribution in [0.15, 0.2) is 0 Å². The molecule has 66 valence electrons. The summed E-state index contributed by atoms with van der Waals surface area (Å²) < 4.78 is 5.69. The van der Waals surface area contributed by atoms with Crippen LogP contribution in [-0.2, 0) is 4.74 Å². The first kappa shape index (κ1) is 9.01. The lowest BCUT2D eigenvalue weighted by atomic mass is 9.99. The second-order valence-corrected chi connectivity index (χ2v) is 4.07. The zero-order chi connectivity index (χ0) is 8.48. The van der Waals surface area contributed by atoms with E-state index in [2.05, 4.69) is 33.0 Å². The topological polar surface area (TPSA) is 21.3 Å². The molecule has 1 aliphatic rings. The third-order valence-electron chi connectivity index (χ3n) is 2.24. The fourth-order valence-corrected chi connectivity index (χ4v) is 1.68. The minimum absolute atomic E-state index is 0.158. The van der Waals surface area contributed by atoms with E-state index in [9.17, 15) is 0 Å². The van der Waals surface area contributed by atoms with Crippen LogP contribution < -0.4 is 5.32 Å². The summed E-state index contributed by atoms with van der Waals surface area (Å²) in [6.07, 6.45) is 1.51. The molecule has 0 saturated carbocycles. The molecule has 1 aliphatic heterocycles. The summed E-state index contributed by atoms with van der Waals surface area (Å²) in [7, 11) is 0. The van der Waals surface area contributed by atoms with Gasteiger partial charge in [0.15, 0.2) is 0 Å². The zero-order valence-electron chi connectivity index (χ0n) is 7.98. The molecule has 1 rings (SSSR count). The summed E-state index contributed by atoms with van der Waals surface area (Å²) in [6.45, 7) is 9.54. The molecular weight excluding hydrogens is 138 g/mol. The zero-order valence-corrected chi connectivity index (χ0v) is 7.98. The summed E-state index contributed by atoms with van der Waals surface area (Å²) in [5.41, 5.74) is 0.158. The van der Waals surface area contributed by atoms with Crippen LogP contribution in [0.2, 0.25) is 0 Å². The van der Waals surface area contributed by atoms with Gasteiger partial charge in [0, 0.05) is 11.6 Å². The monoisotopic (exact) mass is 157 g/mol. The maximum atomic E-state index is 5.69. The first-order chi connectivity index (χ1) is 5.05. The number of hydrogen-bond acceptors (Lipinski definition) is 2. The molecule has 2 atom stereocenters. The molecule has 2 unspecified atom stereocenters. The second-order valence-electron chi connectivity index (χ2n) is 4.07. The molecule has 1 fully saturated rings. The van der Waals surface area contributed by atoms with Crippen LogP contribution in [-0.4, -0.2) is 24.3 Å². The highest BCUT2D eigenvalue weighted by Gasteiger charge is 2.30. The lowest BCUT2D eigenvalue weighted by molar-refractivity contribution is -0.0487. The van der Waals surface area contributed by atoms with Gasteiger partial charge in [-0.2, -0.15) is 0 Å². The molecule has 0 spiro atoms. The SMILES string of the molecule is CCC1OCC(C)(C)NC1C. The third-order valence-corrected chi connectivity index (χ3v) is 2.24. The van der Waals surface area contributed by atoms with E-state index < -0.39 is 0 Å². The maximum Gasteiger partial charge on any atom is 0.0723 e. The van der Waals surface area contributed by atoms with E-state index in [0.717, 1.165) is 13.0 Å². The van der Waals surface area contributed by atoms with Gasteiger partial charge in [-0.25, -0.2) is 0 Å². The van der Waals surface area contributed by atoms with E-state index in [-0.39, 0.29) is 5.54 Å². The minimum atomic E-state index is 0.158. The quantitative estimate of drug-likeness (QED) is 0.623. The van der Waals surface area contributed by atoms with Crippen molar-refractivity contribution in [3.05, 3.63) is 0 Å². The Hall–Kier alpha value is -0.0800. The Bertz CT molecular complexity index is 134. The standard InChI is InChI=1S/C9H19NO/c1-5-8-7(2)10-9(3,4)6-11-8/h7-8,10H,5-6H2,1-4H3. The number of rotatable bonds is 1. The van der Waals surface area contributed by atoms with Crippen molar-refractivity contribution in [2.75, 3.05) is 6.61 Å². The van der Waals surface area contributed by atoms with Gasteiger partial charge in [0.1, 0.15) is 0 Å². The van der Waals surface area contributed by atoms with Gasteiger partial charge >= 0.3 is 0 Å². The number of ether oxygens (including phenoxy) is 1. The number of hydrogen-bond donors (Lipinski definition) is 1. The van der Waals surface area contributed by atoms with Gasteiger partial charge < -0.3 is 10.1 Å². The highest BCUT2D eigenvalue weighted by atomic mass is 16.5. The van der Waals surface area contributed by atoms with E-state index in [1.165, 1.54) is 0 Å². The molecule has 11 heavy (non-hydrogen) atoms. The van der Waals surface area contributed by atoms with E-state index in [1.807, 2.05) is 0 Å². The molecule has 1 N–H and O–H groups in total. The largest absolute Gasteiger partial charge is 0.375 e. The molecule has 1 heterocycles. The first-order valence-electron chi connectivity index (χ1n) is 4.44. The van der Waals surface area contributed by atoms with Gasteiger partial charge in [0.25, 0.3) is 0 Å². The van der Waals surface area contributed by atoms with Gasteiger partial charge in [-0.3, -0.25) is 0 Å². The van der Waals surface area contributed by atoms with E-state index in [4.69, 9.17) is 4.74 Å². The number of nitrogens with one attached hydrogen (secondary N) is 1. The van der Waals surface area contributed by atoms with Crippen LogP contribution in [0.25, 0.3) is 0 Å². The first-order valence-corrected chi connectivity index (χ1v) is 4.44. The van der Waals surface area contributed by atoms with E-state index >= 15 is 0 Å². The summed E-state index contributed by atoms with van der Waals surface area (Å²) in [4.78, 5) is 0. The third kappa shape index (κ3) is 2.17. The molecule has 0 aliphatic carbocycles. The van der Waals surface area contributed by atoms with Crippen LogP contribution in [0.5, 0.6) is 0 Å². The van der Waals surface area contributed by atoms with Gasteiger partial charge in [0.05, 0.1) is 12.7 Å². The molecular formula is C9H19NO. The highest BCUT2D eigenvalue weighted by Crippen LogP contribution is 2.17. The average molecular weight is 157 g/mol. The van der Waals surface area contributed by atoms with Gasteiger partial charge in [-0.05, 0) is 27.2 Å². The van der Waals surface area contributed by atoms with Crippen molar-refractivity contribution in [2.24, 2.45) is 0 Å². The Labute approximate surface area is 69.3 Å². The second kappa shape index (κ2) is 3.11. The average Bonchev–Trinajstić information content (AvgIpc) is 1.86. The van der Waals surface area contributed by atoms with Crippen LogP contribution in [0.4, 0.5) is 0 Å². The molecule has 2 nitrogen and oxygen atoms in total. The van der Waals surface area contributed by atoms with Crippen LogP contribution >= 0.6 is 0 Å². The predicted molar refractivity (Wildman–Crippen MR) is 46.7 cm³/mol. The van der Waals surface area contributed by atoms with Crippen molar-refractivity contribution in [2.45, 2.75) is 51.8 Å². The molecule has 0 bridgehead atoms. The van der Waals surface area contributed by atoms with Crippen molar-refractivity contribution in [1.82, 2.24) is 5.32 Å². The molecule has 0 aromatic carbocycles. The van der Waals surface area contributed by atoms with Crippen molar-refractivity contribution < 1.29 is 4.74 Å². The van der Waals surface area contributed by atoms with Crippen LogP contribution in [0.1, 0.15) is 34.1 Å². The fraction of sp³-hybridized carbons (Fsp3) is 1.00. The smallest absolute Gasteiger partial charge is 0.0723 e. The molecule has 2 heteroatoms. The minimum Gasteiger partial charge on any atom is -0.375 e. The van der Waals surface area contributed by atoms with Gasteiger partial charge in [-0.1, -0.05) is 6.92 Å². The van der Waals surface area contributed by atoms with E-state index in [0.29, 0.717) is 12.1 Å². The summed E-state index contributed by atoms with van der Waals surface area (Å²) in [5.74, 6) is 0. The molecule has 0 radical (unpaired) electrons. The fourth-order valence-electron chi connectivity index (χ4n) is 1.68. The Balaban J connectivity index is 2.48. The van der Waals surface area contributed by atoms with E-state index in [1.54, 1.807) is 0 Å². The Kier molecular flexibility index (Phi) is 2.55. The Morgan fingerprint density at radius 1 is 1.55 bits per heavy atom. The molecule has 0 amide bonds. The highest BCUT2D eigenvalue weighted by molar-refractivity contribution is 4.88. The van der Waals surface area contributed by atoms with Crippen LogP contribution in [0.3, 0.4) is 0 Å². The predicted octanol–water partition coefficient (Wildman–Crippen LogP) is 1.55. The normalized spacial score (nSPS) is 37.1. The Morgan fingerprint density at radius 3 is 2.64 bits per heavy atom. The maximum absolute atomic E-state index is 5.69. The molecule has 0 aromatic heterocycles. The summed E-state index contributed by atoms with van der Waals surface area (Å²) in [5, 5.41) is 3.53. The van der Waals surface area contributed by atoms with Crippen LogP contribution in [0, 0.1) is 0 Å². The number of morpholine rings is 1. The van der Waals surface area contributed by atoms with Gasteiger partial charge in [-0.15, -0.1) is 0 Å². The van der Waals surface area contributed by atoms with Crippen molar-refractivity contribution >= 4 is 0 Å². The molecule has 0 aromatic rings. The van der Waals surface area contributed by atoms with Crippen molar-refractivity contribution in [3.63, 3.8) is 0 Å². The van der Waals surface area contributed by atoms with Crippen molar-refractivity contribution in [3.8, 4) is 0 Å². The summed E-state index contributed by atoms with van der Waals surface area (Å²) in [6, 6.07) is 0.490. The van der Waals surface area contributed by atoms with Gasteiger partial charge in [0.2, 0.25) is 0 Å². The summed E-state index contributed by atoms with van der Waals surface area (Å²) >= 11 is 0. The molecule has 1 saturated heterocycles. The lowest BCUT2D eigenvalue weighted by Gasteiger charge is -2.40. The van der Waals surface area contributed by atoms with Crippen molar-refractivity contribution in [1.29, 1.82) is 0 Å². The lowest BCUT2D eigenvalue weighted by Crippen LogP contribution is -2.58.